The molecule has 0 aromatic heterocycles. The SMILES string of the molecule is CCOC(=O)Nc1ccc(NC(=O)C2C3C=CC(C3)C2C(=O)O)cc1. The topological polar surface area (TPSA) is 105 Å². The van der Waals surface area contributed by atoms with Crippen LogP contribution in [0.1, 0.15) is 13.3 Å². The summed E-state index contributed by atoms with van der Waals surface area (Å²) in [5.41, 5.74) is 1.10. The van der Waals surface area contributed by atoms with E-state index in [0.29, 0.717) is 11.4 Å². The van der Waals surface area contributed by atoms with Crippen molar-refractivity contribution >= 4 is 29.3 Å². The quantitative estimate of drug-likeness (QED) is 0.712. The predicted molar refractivity (Wildman–Crippen MR) is 91.1 cm³/mol. The van der Waals surface area contributed by atoms with E-state index in [-0.39, 0.29) is 24.3 Å². The van der Waals surface area contributed by atoms with Gasteiger partial charge in [-0.05, 0) is 49.4 Å². The molecule has 3 rings (SSSR count). The maximum absolute atomic E-state index is 12.6. The third-order valence-corrected chi connectivity index (χ3v) is 4.72. The van der Waals surface area contributed by atoms with Gasteiger partial charge in [-0.2, -0.15) is 0 Å². The number of allylic oxidation sites excluding steroid dienone is 2. The highest BCUT2D eigenvalue weighted by Gasteiger charge is 2.51. The van der Waals surface area contributed by atoms with Crippen molar-refractivity contribution in [3.63, 3.8) is 0 Å². The molecule has 4 atom stereocenters. The molecular weight excluding hydrogens is 324 g/mol. The number of rotatable bonds is 5. The molecule has 0 aliphatic heterocycles. The molecule has 0 spiro atoms. The number of nitrogens with one attached hydrogen (secondary N) is 2. The highest BCUT2D eigenvalue weighted by atomic mass is 16.5. The Labute approximate surface area is 145 Å². The van der Waals surface area contributed by atoms with Gasteiger partial charge < -0.3 is 15.2 Å². The number of fused-ring (bicyclic) bond motifs is 2. The van der Waals surface area contributed by atoms with Gasteiger partial charge in [0, 0.05) is 11.4 Å². The molecule has 7 nitrogen and oxygen atoms in total. The molecule has 2 bridgehead atoms. The largest absolute Gasteiger partial charge is 0.481 e. The summed E-state index contributed by atoms with van der Waals surface area (Å²) in [4.78, 5) is 35.4. The van der Waals surface area contributed by atoms with Gasteiger partial charge in [-0.25, -0.2) is 4.79 Å². The van der Waals surface area contributed by atoms with Crippen LogP contribution in [-0.2, 0) is 14.3 Å². The second-order valence-corrected chi connectivity index (χ2v) is 6.25. The van der Waals surface area contributed by atoms with Crippen LogP contribution in [-0.4, -0.2) is 29.7 Å². The number of anilines is 2. The van der Waals surface area contributed by atoms with E-state index in [0.717, 1.165) is 6.42 Å². The van der Waals surface area contributed by atoms with Gasteiger partial charge in [0.25, 0.3) is 0 Å². The number of ether oxygens (including phenoxy) is 1. The highest BCUT2D eigenvalue weighted by Crippen LogP contribution is 2.48. The molecule has 3 N–H and O–H groups in total. The Balaban J connectivity index is 1.64. The predicted octanol–water partition coefficient (Wildman–Crippen LogP) is 2.72. The molecule has 4 unspecified atom stereocenters. The van der Waals surface area contributed by atoms with Gasteiger partial charge in [-0.3, -0.25) is 14.9 Å². The number of hydrogen-bond donors (Lipinski definition) is 3. The molecule has 2 aliphatic carbocycles. The zero-order valence-electron chi connectivity index (χ0n) is 13.8. The second-order valence-electron chi connectivity index (χ2n) is 6.25. The lowest BCUT2D eigenvalue weighted by atomic mass is 9.82. The number of carbonyl (C=O) groups excluding carboxylic acids is 2. The summed E-state index contributed by atoms with van der Waals surface area (Å²) < 4.78 is 4.79. The van der Waals surface area contributed by atoms with Crippen molar-refractivity contribution in [2.75, 3.05) is 17.2 Å². The lowest BCUT2D eigenvalue weighted by Crippen LogP contribution is -2.36. The van der Waals surface area contributed by atoms with Crippen LogP contribution in [0, 0.1) is 23.7 Å². The van der Waals surface area contributed by atoms with Crippen molar-refractivity contribution in [2.45, 2.75) is 13.3 Å². The lowest BCUT2D eigenvalue weighted by molar-refractivity contribution is -0.146. The number of aliphatic carboxylic acids is 1. The Kier molecular flexibility index (Phi) is 4.74. The van der Waals surface area contributed by atoms with Crippen LogP contribution in [0.25, 0.3) is 0 Å². The fourth-order valence-electron chi connectivity index (χ4n) is 3.66. The first-order chi connectivity index (χ1) is 12.0. The van der Waals surface area contributed by atoms with Gasteiger partial charge in [-0.15, -0.1) is 0 Å². The summed E-state index contributed by atoms with van der Waals surface area (Å²) >= 11 is 0. The minimum absolute atomic E-state index is 0.0177. The van der Waals surface area contributed by atoms with Crippen LogP contribution in [0.3, 0.4) is 0 Å². The van der Waals surface area contributed by atoms with Crippen LogP contribution < -0.4 is 10.6 Å². The van der Waals surface area contributed by atoms with E-state index >= 15 is 0 Å². The van der Waals surface area contributed by atoms with Crippen LogP contribution in [0.4, 0.5) is 16.2 Å². The van der Waals surface area contributed by atoms with Gasteiger partial charge in [0.05, 0.1) is 18.4 Å². The molecule has 1 aromatic rings. The monoisotopic (exact) mass is 344 g/mol. The molecule has 0 heterocycles. The summed E-state index contributed by atoms with van der Waals surface area (Å²) in [6.45, 7) is 2.00. The number of carbonyl (C=O) groups is 3. The van der Waals surface area contributed by atoms with E-state index in [1.165, 1.54) is 0 Å². The van der Waals surface area contributed by atoms with Gasteiger partial charge in [-0.1, -0.05) is 12.2 Å². The van der Waals surface area contributed by atoms with E-state index in [4.69, 9.17) is 4.74 Å². The number of carboxylic acids is 1. The first-order valence-electron chi connectivity index (χ1n) is 8.25. The van der Waals surface area contributed by atoms with Gasteiger partial charge >= 0.3 is 12.1 Å². The van der Waals surface area contributed by atoms with Gasteiger partial charge in [0.1, 0.15) is 0 Å². The van der Waals surface area contributed by atoms with Crippen molar-refractivity contribution in [3.8, 4) is 0 Å². The Morgan fingerprint density at radius 3 is 2.16 bits per heavy atom. The summed E-state index contributed by atoms with van der Waals surface area (Å²) in [5, 5.41) is 14.8. The number of hydrogen-bond acceptors (Lipinski definition) is 4. The average Bonchev–Trinajstić information content (AvgIpc) is 3.18. The summed E-state index contributed by atoms with van der Waals surface area (Å²) in [6, 6.07) is 6.58. The minimum Gasteiger partial charge on any atom is -0.481 e. The Hall–Kier alpha value is -2.83. The van der Waals surface area contributed by atoms with Crippen molar-refractivity contribution in [1.82, 2.24) is 0 Å². The van der Waals surface area contributed by atoms with Gasteiger partial charge in [0.2, 0.25) is 5.91 Å². The van der Waals surface area contributed by atoms with Crippen LogP contribution in [0.2, 0.25) is 0 Å². The third kappa shape index (κ3) is 3.50. The molecule has 0 radical (unpaired) electrons. The van der Waals surface area contributed by atoms with Crippen LogP contribution in [0.5, 0.6) is 0 Å². The Morgan fingerprint density at radius 2 is 1.60 bits per heavy atom. The molecule has 0 saturated heterocycles. The van der Waals surface area contributed by atoms with Crippen molar-refractivity contribution in [3.05, 3.63) is 36.4 Å². The maximum atomic E-state index is 12.6. The molecule has 25 heavy (non-hydrogen) atoms. The molecular formula is C18H20N2O5. The van der Waals surface area contributed by atoms with E-state index in [1.54, 1.807) is 31.2 Å². The third-order valence-electron chi connectivity index (χ3n) is 4.72. The first kappa shape index (κ1) is 17.0. The zero-order chi connectivity index (χ0) is 18.0. The maximum Gasteiger partial charge on any atom is 0.411 e. The molecule has 2 amide bonds. The Bertz CT molecular complexity index is 713. The molecule has 7 heteroatoms. The van der Waals surface area contributed by atoms with E-state index in [9.17, 15) is 19.5 Å². The van der Waals surface area contributed by atoms with Crippen molar-refractivity contribution in [2.24, 2.45) is 23.7 Å². The minimum atomic E-state index is -0.925. The zero-order valence-corrected chi connectivity index (χ0v) is 13.8. The van der Waals surface area contributed by atoms with E-state index < -0.39 is 23.9 Å². The molecule has 1 saturated carbocycles. The fourth-order valence-corrected chi connectivity index (χ4v) is 3.66. The fraction of sp³-hybridized carbons (Fsp3) is 0.389. The molecule has 132 valence electrons. The molecule has 1 fully saturated rings. The van der Waals surface area contributed by atoms with Gasteiger partial charge in [0.15, 0.2) is 0 Å². The lowest BCUT2D eigenvalue weighted by Gasteiger charge is -2.23. The second kappa shape index (κ2) is 6.96. The summed E-state index contributed by atoms with van der Waals surface area (Å²) in [7, 11) is 0. The average molecular weight is 344 g/mol. The number of benzene rings is 1. The van der Waals surface area contributed by atoms with Crippen LogP contribution >= 0.6 is 0 Å². The molecule has 1 aromatic carbocycles. The molecule has 2 aliphatic rings. The highest BCUT2D eigenvalue weighted by molar-refractivity contribution is 5.96. The van der Waals surface area contributed by atoms with E-state index in [1.807, 2.05) is 12.2 Å². The first-order valence-corrected chi connectivity index (χ1v) is 8.25. The summed E-state index contributed by atoms with van der Waals surface area (Å²) in [5.74, 6) is -2.50. The van der Waals surface area contributed by atoms with Crippen LogP contribution in [0.15, 0.2) is 36.4 Å². The van der Waals surface area contributed by atoms with Crippen molar-refractivity contribution < 1.29 is 24.2 Å². The Morgan fingerprint density at radius 1 is 1.04 bits per heavy atom. The van der Waals surface area contributed by atoms with E-state index in [2.05, 4.69) is 10.6 Å². The normalized spacial score (nSPS) is 26.3. The standard InChI is InChI=1S/C18H20N2O5/c1-2-25-18(24)20-13-7-5-12(6-8-13)19-16(21)14-10-3-4-11(9-10)15(14)17(22)23/h3-8,10-11,14-15H,2,9H2,1H3,(H,19,21)(H,20,24)(H,22,23). The number of carboxylic acid groups (broad SMARTS) is 1. The summed E-state index contributed by atoms with van der Waals surface area (Å²) in [6.07, 6.45) is 4.03. The smallest absolute Gasteiger partial charge is 0.411 e. The van der Waals surface area contributed by atoms with Crippen molar-refractivity contribution in [1.29, 1.82) is 0 Å². The number of amides is 2.